The van der Waals surface area contributed by atoms with Crippen LogP contribution in [0, 0.1) is 22.7 Å². The minimum absolute atomic E-state index is 0.0550. The lowest BCUT2D eigenvalue weighted by atomic mass is 9.73. The number of benzene rings is 1. The van der Waals surface area contributed by atoms with Crippen molar-refractivity contribution in [3.63, 3.8) is 0 Å². The number of anilines is 1. The first kappa shape index (κ1) is 23.2. The number of likely N-dealkylation sites (tertiary alicyclic amines) is 1. The number of hydrogen-bond acceptors (Lipinski definition) is 5. The van der Waals surface area contributed by atoms with Gasteiger partial charge in [-0.25, -0.2) is 4.79 Å². The first-order chi connectivity index (χ1) is 14.7. The van der Waals surface area contributed by atoms with Crippen LogP contribution < -0.4 is 10.2 Å². The molecule has 2 atom stereocenters. The minimum atomic E-state index is -4.60. The summed E-state index contributed by atoms with van der Waals surface area (Å²) in [6.07, 6.45) is -3.91. The van der Waals surface area contributed by atoms with E-state index >= 15 is 0 Å². The maximum atomic E-state index is 13.4. The summed E-state index contributed by atoms with van der Waals surface area (Å²) in [5.74, 6) is 0.0550. The molecule has 0 bridgehead atoms. The number of ether oxygens (including phenoxy) is 2. The van der Waals surface area contributed by atoms with E-state index in [0.29, 0.717) is 58.0 Å². The normalized spacial score (nSPS) is 23.4. The molecule has 0 radical (unpaired) electrons. The molecule has 7 nitrogen and oxygen atoms in total. The number of nitrogens with one attached hydrogen (secondary N) is 1. The number of urea groups is 1. The number of nitrogens with zero attached hydrogens (tertiary/aromatic N) is 3. The molecule has 2 aliphatic heterocycles. The lowest BCUT2D eigenvalue weighted by molar-refractivity contribution is -0.137. The molecule has 2 unspecified atom stereocenters. The molecule has 3 rings (SSSR count). The highest BCUT2D eigenvalue weighted by atomic mass is 19.4. The molecule has 2 saturated heterocycles. The molecule has 31 heavy (non-hydrogen) atoms. The van der Waals surface area contributed by atoms with E-state index in [4.69, 9.17) is 14.7 Å². The zero-order valence-electron chi connectivity index (χ0n) is 17.7. The lowest BCUT2D eigenvalue weighted by Gasteiger charge is -2.42. The van der Waals surface area contributed by atoms with Gasteiger partial charge in [-0.3, -0.25) is 0 Å². The summed E-state index contributed by atoms with van der Waals surface area (Å²) in [6, 6.07) is 5.28. The Hall–Kier alpha value is -2.51. The summed E-state index contributed by atoms with van der Waals surface area (Å²) >= 11 is 0. The molecule has 1 aromatic carbocycles. The van der Waals surface area contributed by atoms with Crippen molar-refractivity contribution in [1.82, 2.24) is 10.2 Å². The summed E-state index contributed by atoms with van der Waals surface area (Å²) in [7, 11) is 3.17. The second kappa shape index (κ2) is 9.32. The van der Waals surface area contributed by atoms with Crippen molar-refractivity contribution in [2.75, 3.05) is 65.1 Å². The standard InChI is InChI=1S/C21H27F3N4O3/c1-30-8-6-26-19(29)27-7-5-20(14-31-2)13-28(12-16(20)11-27)17-4-3-15(10-25)18(9-17)21(22,23)24/h3-4,9,16H,5-8,11-14H2,1-2H3,(H,26,29). The summed E-state index contributed by atoms with van der Waals surface area (Å²) < 4.78 is 50.7. The maximum absolute atomic E-state index is 13.4. The van der Waals surface area contributed by atoms with Crippen LogP contribution >= 0.6 is 0 Å². The number of amides is 2. The smallest absolute Gasteiger partial charge is 0.384 e. The summed E-state index contributed by atoms with van der Waals surface area (Å²) in [4.78, 5) is 16.1. The average molecular weight is 440 g/mol. The Morgan fingerprint density at radius 2 is 2.10 bits per heavy atom. The van der Waals surface area contributed by atoms with Gasteiger partial charge in [-0.2, -0.15) is 18.4 Å². The van der Waals surface area contributed by atoms with Crippen LogP contribution in [0.2, 0.25) is 0 Å². The van der Waals surface area contributed by atoms with Gasteiger partial charge in [-0.1, -0.05) is 0 Å². The lowest BCUT2D eigenvalue weighted by Crippen LogP contribution is -2.53. The fourth-order valence-corrected chi connectivity index (χ4v) is 4.62. The second-order valence-electron chi connectivity index (χ2n) is 8.13. The van der Waals surface area contributed by atoms with Crippen molar-refractivity contribution in [2.24, 2.45) is 11.3 Å². The molecule has 2 fully saturated rings. The predicted molar refractivity (Wildman–Crippen MR) is 108 cm³/mol. The van der Waals surface area contributed by atoms with Crippen LogP contribution in [0.4, 0.5) is 23.7 Å². The SMILES string of the molecule is COCCNC(=O)N1CCC2(COC)CN(c3ccc(C#N)c(C(F)(F)F)c3)CC2C1. The van der Waals surface area contributed by atoms with Gasteiger partial charge in [0.1, 0.15) is 0 Å². The van der Waals surface area contributed by atoms with Gasteiger partial charge < -0.3 is 24.6 Å². The van der Waals surface area contributed by atoms with Crippen LogP contribution in [0.25, 0.3) is 0 Å². The van der Waals surface area contributed by atoms with Crippen molar-refractivity contribution in [3.8, 4) is 6.07 Å². The second-order valence-corrected chi connectivity index (χ2v) is 8.13. The van der Waals surface area contributed by atoms with Gasteiger partial charge in [-0.15, -0.1) is 0 Å². The molecule has 0 saturated carbocycles. The highest BCUT2D eigenvalue weighted by Gasteiger charge is 2.50. The number of rotatable bonds is 6. The Bertz CT molecular complexity index is 842. The third kappa shape index (κ3) is 4.88. The number of alkyl halides is 3. The summed E-state index contributed by atoms with van der Waals surface area (Å²) in [5.41, 5.74) is -1.14. The van der Waals surface area contributed by atoms with Gasteiger partial charge >= 0.3 is 12.2 Å². The fourth-order valence-electron chi connectivity index (χ4n) is 4.62. The predicted octanol–water partition coefficient (Wildman–Crippen LogP) is 2.71. The molecule has 1 N–H and O–H groups in total. The van der Waals surface area contributed by atoms with Crippen molar-refractivity contribution in [3.05, 3.63) is 29.3 Å². The molecule has 0 aliphatic carbocycles. The number of hydrogen-bond donors (Lipinski definition) is 1. The molecule has 170 valence electrons. The van der Waals surface area contributed by atoms with E-state index in [1.165, 1.54) is 6.07 Å². The quantitative estimate of drug-likeness (QED) is 0.689. The van der Waals surface area contributed by atoms with Crippen molar-refractivity contribution in [2.45, 2.75) is 12.6 Å². The van der Waals surface area contributed by atoms with Crippen LogP contribution in [0.5, 0.6) is 0 Å². The monoisotopic (exact) mass is 440 g/mol. The first-order valence-corrected chi connectivity index (χ1v) is 10.1. The van der Waals surface area contributed by atoms with Gasteiger partial charge in [-0.05, 0) is 24.6 Å². The van der Waals surface area contributed by atoms with Gasteiger partial charge in [0, 0.05) is 64.0 Å². The summed E-state index contributed by atoms with van der Waals surface area (Å²) in [6.45, 7) is 3.40. The van der Waals surface area contributed by atoms with Crippen molar-refractivity contribution >= 4 is 11.7 Å². The first-order valence-electron chi connectivity index (χ1n) is 10.1. The Balaban J connectivity index is 1.80. The molecule has 0 spiro atoms. The molecule has 1 aromatic rings. The van der Waals surface area contributed by atoms with E-state index in [-0.39, 0.29) is 17.4 Å². The van der Waals surface area contributed by atoms with Crippen LogP contribution in [-0.4, -0.2) is 71.1 Å². The number of nitriles is 1. The molecular formula is C21H27F3N4O3. The highest BCUT2D eigenvalue weighted by molar-refractivity contribution is 5.74. The molecule has 2 amide bonds. The molecule has 2 heterocycles. The number of carbonyl (C=O) groups is 1. The minimum Gasteiger partial charge on any atom is -0.384 e. The molecule has 2 aliphatic rings. The van der Waals surface area contributed by atoms with Gasteiger partial charge in [0.05, 0.1) is 30.4 Å². The Labute approximate surface area is 179 Å². The third-order valence-corrected chi connectivity index (χ3v) is 6.23. The fraction of sp³-hybridized carbons (Fsp3) is 0.619. The number of piperidine rings is 1. The number of carbonyl (C=O) groups excluding carboxylic acids is 1. The van der Waals surface area contributed by atoms with Crippen LogP contribution in [-0.2, 0) is 15.7 Å². The van der Waals surface area contributed by atoms with E-state index in [1.54, 1.807) is 31.3 Å². The highest BCUT2D eigenvalue weighted by Crippen LogP contribution is 2.45. The number of halogens is 3. The van der Waals surface area contributed by atoms with Crippen LogP contribution in [0.1, 0.15) is 17.5 Å². The zero-order chi connectivity index (χ0) is 22.6. The Kier molecular flexibility index (Phi) is 6.96. The van der Waals surface area contributed by atoms with Gasteiger partial charge in [0.2, 0.25) is 0 Å². The topological polar surface area (TPSA) is 77.8 Å². The van der Waals surface area contributed by atoms with Crippen LogP contribution in [0.15, 0.2) is 18.2 Å². The molecule has 0 aromatic heterocycles. The Morgan fingerprint density at radius 3 is 2.74 bits per heavy atom. The average Bonchev–Trinajstić information content (AvgIpc) is 3.11. The van der Waals surface area contributed by atoms with Gasteiger partial charge in [0.25, 0.3) is 0 Å². The maximum Gasteiger partial charge on any atom is 0.417 e. The van der Waals surface area contributed by atoms with Crippen LogP contribution in [0.3, 0.4) is 0 Å². The largest absolute Gasteiger partial charge is 0.417 e. The van der Waals surface area contributed by atoms with E-state index < -0.39 is 17.3 Å². The molecular weight excluding hydrogens is 413 g/mol. The van der Waals surface area contributed by atoms with Gasteiger partial charge in [0.15, 0.2) is 0 Å². The van der Waals surface area contributed by atoms with E-state index in [2.05, 4.69) is 5.32 Å². The van der Waals surface area contributed by atoms with Crippen molar-refractivity contribution < 1.29 is 27.4 Å². The Morgan fingerprint density at radius 1 is 1.32 bits per heavy atom. The van der Waals surface area contributed by atoms with E-state index in [1.807, 2.05) is 4.90 Å². The zero-order valence-corrected chi connectivity index (χ0v) is 17.7. The number of fused-ring (bicyclic) bond motifs is 1. The molecule has 10 heteroatoms. The number of methoxy groups -OCH3 is 2. The van der Waals surface area contributed by atoms with E-state index in [0.717, 1.165) is 6.07 Å². The summed E-state index contributed by atoms with van der Waals surface area (Å²) in [5, 5.41) is 11.9. The van der Waals surface area contributed by atoms with E-state index in [9.17, 15) is 18.0 Å². The van der Waals surface area contributed by atoms with Crippen molar-refractivity contribution in [1.29, 1.82) is 5.26 Å². The third-order valence-electron chi connectivity index (χ3n) is 6.23.